The molecule has 1 aromatic heterocycles. The first kappa shape index (κ1) is 20.2. The van der Waals surface area contributed by atoms with Crippen molar-refractivity contribution in [3.05, 3.63) is 53.4 Å². The highest BCUT2D eigenvalue weighted by Crippen LogP contribution is 2.44. The fraction of sp³-hybridized carbons (Fsp3) is 0.556. The fourth-order valence-corrected chi connectivity index (χ4v) is 5.76. The molecule has 0 amide bonds. The van der Waals surface area contributed by atoms with Crippen LogP contribution in [0.4, 0.5) is 5.95 Å². The van der Waals surface area contributed by atoms with Gasteiger partial charge in [0.15, 0.2) is 0 Å². The van der Waals surface area contributed by atoms with Crippen LogP contribution in [0.15, 0.2) is 36.7 Å². The van der Waals surface area contributed by atoms with Crippen LogP contribution in [0.3, 0.4) is 0 Å². The van der Waals surface area contributed by atoms with Crippen molar-refractivity contribution in [3.8, 4) is 5.75 Å². The van der Waals surface area contributed by atoms with Gasteiger partial charge in [-0.2, -0.15) is 0 Å². The highest BCUT2D eigenvalue weighted by Gasteiger charge is 2.43. The molecule has 0 spiro atoms. The Kier molecular flexibility index (Phi) is 4.98. The first-order valence-corrected chi connectivity index (χ1v) is 12.3. The van der Waals surface area contributed by atoms with Gasteiger partial charge in [-0.1, -0.05) is 12.1 Å². The average Bonchev–Trinajstić information content (AvgIpc) is 3.61. The molecule has 1 saturated heterocycles. The van der Waals surface area contributed by atoms with Gasteiger partial charge in [0.05, 0.1) is 0 Å². The number of hydrogen-bond acceptors (Lipinski definition) is 5. The van der Waals surface area contributed by atoms with E-state index in [1.807, 2.05) is 12.4 Å². The van der Waals surface area contributed by atoms with Crippen LogP contribution >= 0.6 is 0 Å². The first-order chi connectivity index (χ1) is 15.6. The van der Waals surface area contributed by atoms with E-state index in [0.29, 0.717) is 11.8 Å². The molecule has 5 heteroatoms. The van der Waals surface area contributed by atoms with Gasteiger partial charge in [0.1, 0.15) is 11.4 Å². The van der Waals surface area contributed by atoms with Gasteiger partial charge in [0.25, 0.3) is 0 Å². The second kappa shape index (κ2) is 7.87. The van der Waals surface area contributed by atoms with Crippen molar-refractivity contribution in [2.75, 3.05) is 38.1 Å². The van der Waals surface area contributed by atoms with Gasteiger partial charge < -0.3 is 14.5 Å². The molecule has 4 aliphatic rings. The van der Waals surface area contributed by atoms with Gasteiger partial charge >= 0.3 is 0 Å². The first-order valence-electron chi connectivity index (χ1n) is 12.3. The van der Waals surface area contributed by atoms with Crippen LogP contribution in [0.5, 0.6) is 5.75 Å². The molecule has 3 aliphatic heterocycles. The van der Waals surface area contributed by atoms with Gasteiger partial charge in [-0.3, -0.25) is 0 Å². The number of nitrogens with zero attached hydrogens (tertiary/aromatic N) is 4. The molecule has 1 aliphatic carbocycles. The molecule has 1 aromatic carbocycles. The van der Waals surface area contributed by atoms with Crippen molar-refractivity contribution < 1.29 is 4.74 Å². The van der Waals surface area contributed by atoms with E-state index in [1.165, 1.54) is 35.1 Å². The number of piperidine rings is 1. The lowest BCUT2D eigenvalue weighted by Crippen LogP contribution is -2.46. The maximum Gasteiger partial charge on any atom is 0.225 e. The number of fused-ring (bicyclic) bond motifs is 1. The number of likely N-dealkylation sites (N-methyl/N-ethyl adjacent to an activating group) is 1. The van der Waals surface area contributed by atoms with E-state index in [9.17, 15) is 0 Å². The molecule has 1 atom stereocenters. The zero-order chi connectivity index (χ0) is 21.7. The number of hydrogen-bond donors (Lipinski definition) is 0. The Morgan fingerprint density at radius 1 is 1.03 bits per heavy atom. The topological polar surface area (TPSA) is 41.5 Å². The minimum absolute atomic E-state index is 0.106. The van der Waals surface area contributed by atoms with E-state index in [1.54, 1.807) is 0 Å². The largest absolute Gasteiger partial charge is 0.487 e. The summed E-state index contributed by atoms with van der Waals surface area (Å²) in [5.41, 5.74) is 5.45. The minimum atomic E-state index is -0.106. The van der Waals surface area contributed by atoms with E-state index >= 15 is 0 Å². The maximum absolute atomic E-state index is 6.61. The Labute approximate surface area is 191 Å². The molecule has 0 N–H and O–H groups in total. The van der Waals surface area contributed by atoms with E-state index in [4.69, 9.17) is 4.74 Å². The number of ether oxygens (including phenoxy) is 1. The summed E-state index contributed by atoms with van der Waals surface area (Å²) in [6.07, 6.45) is 13.5. The summed E-state index contributed by atoms with van der Waals surface area (Å²) >= 11 is 0. The van der Waals surface area contributed by atoms with Crippen LogP contribution in [0.25, 0.3) is 5.57 Å². The normalized spacial score (nSPS) is 26.6. The van der Waals surface area contributed by atoms with Crippen LogP contribution in [0.1, 0.15) is 61.6 Å². The van der Waals surface area contributed by atoms with Crippen LogP contribution in [0, 0.1) is 5.92 Å². The van der Waals surface area contributed by atoms with E-state index < -0.39 is 0 Å². The molecule has 1 unspecified atom stereocenters. The summed E-state index contributed by atoms with van der Waals surface area (Å²) in [5.74, 6) is 3.26. The standard InChI is InChI=1S/C27H34N4O/c1-27(16-22-15-21(5-6-25(22)32-27)20-7-11-30(2)12-8-20)24-9-13-31(14-10-24)26-28-17-23(18-29-26)19-3-4-19/h5-7,15,17-19,24H,3-4,8-14,16H2,1-2H3. The molecule has 32 heavy (non-hydrogen) atoms. The van der Waals surface area contributed by atoms with Crippen LogP contribution in [-0.2, 0) is 6.42 Å². The van der Waals surface area contributed by atoms with E-state index in [0.717, 1.165) is 63.6 Å². The van der Waals surface area contributed by atoms with Crippen molar-refractivity contribution in [1.29, 1.82) is 0 Å². The molecule has 1 saturated carbocycles. The Balaban J connectivity index is 1.11. The van der Waals surface area contributed by atoms with Gasteiger partial charge in [-0.25, -0.2) is 9.97 Å². The predicted molar refractivity (Wildman–Crippen MR) is 128 cm³/mol. The quantitative estimate of drug-likeness (QED) is 0.704. The number of benzene rings is 1. The summed E-state index contributed by atoms with van der Waals surface area (Å²) in [4.78, 5) is 14.1. The number of anilines is 1. The Morgan fingerprint density at radius 2 is 1.81 bits per heavy atom. The molecule has 5 nitrogen and oxygen atoms in total. The molecule has 6 rings (SSSR count). The third kappa shape index (κ3) is 3.81. The van der Waals surface area contributed by atoms with Crippen LogP contribution < -0.4 is 9.64 Å². The summed E-state index contributed by atoms with van der Waals surface area (Å²) in [7, 11) is 2.19. The molecular weight excluding hydrogens is 396 g/mol. The molecule has 2 fully saturated rings. The van der Waals surface area contributed by atoms with Gasteiger partial charge in [-0.05, 0) is 86.4 Å². The van der Waals surface area contributed by atoms with Gasteiger partial charge in [0, 0.05) is 50.9 Å². The third-order valence-electron chi connectivity index (χ3n) is 8.08. The SMILES string of the molecule is CN1CC=C(c2ccc3c(c2)CC(C)(C2CCN(c4ncc(C5CC5)cn4)CC2)O3)CC1. The summed E-state index contributed by atoms with van der Waals surface area (Å²) in [5, 5.41) is 0. The molecule has 2 aromatic rings. The second-order valence-corrected chi connectivity index (χ2v) is 10.5. The monoisotopic (exact) mass is 430 g/mol. The summed E-state index contributed by atoms with van der Waals surface area (Å²) in [6.45, 7) is 6.53. The lowest BCUT2D eigenvalue weighted by Gasteiger charge is -2.40. The van der Waals surface area contributed by atoms with Crippen molar-refractivity contribution in [2.45, 2.75) is 57.0 Å². The van der Waals surface area contributed by atoms with Crippen LogP contribution in [-0.4, -0.2) is 53.7 Å². The van der Waals surface area contributed by atoms with Crippen LogP contribution in [0.2, 0.25) is 0 Å². The third-order valence-corrected chi connectivity index (χ3v) is 8.08. The predicted octanol–water partition coefficient (Wildman–Crippen LogP) is 4.68. The van der Waals surface area contributed by atoms with Gasteiger partial charge in [0.2, 0.25) is 5.95 Å². The zero-order valence-corrected chi connectivity index (χ0v) is 19.4. The minimum Gasteiger partial charge on any atom is -0.487 e. The van der Waals surface area contributed by atoms with Crippen molar-refractivity contribution in [1.82, 2.24) is 14.9 Å². The van der Waals surface area contributed by atoms with E-state index in [-0.39, 0.29) is 5.60 Å². The zero-order valence-electron chi connectivity index (χ0n) is 19.4. The lowest BCUT2D eigenvalue weighted by atomic mass is 9.79. The van der Waals surface area contributed by atoms with Crippen molar-refractivity contribution >= 4 is 11.5 Å². The Hall–Kier alpha value is -2.40. The highest BCUT2D eigenvalue weighted by atomic mass is 16.5. The average molecular weight is 431 g/mol. The number of rotatable bonds is 4. The molecule has 168 valence electrons. The molecule has 0 bridgehead atoms. The molecule has 4 heterocycles. The fourth-order valence-electron chi connectivity index (χ4n) is 5.76. The smallest absolute Gasteiger partial charge is 0.225 e. The lowest BCUT2D eigenvalue weighted by molar-refractivity contribution is 0.0349. The summed E-state index contributed by atoms with van der Waals surface area (Å²) in [6, 6.07) is 6.86. The summed E-state index contributed by atoms with van der Waals surface area (Å²) < 4.78 is 6.61. The van der Waals surface area contributed by atoms with Crippen molar-refractivity contribution in [3.63, 3.8) is 0 Å². The molecule has 0 radical (unpaired) electrons. The van der Waals surface area contributed by atoms with Gasteiger partial charge in [-0.15, -0.1) is 0 Å². The molecular formula is C27H34N4O. The second-order valence-electron chi connectivity index (χ2n) is 10.5. The Morgan fingerprint density at radius 3 is 2.50 bits per heavy atom. The van der Waals surface area contributed by atoms with E-state index in [2.05, 4.69) is 58.0 Å². The van der Waals surface area contributed by atoms with Crippen molar-refractivity contribution in [2.24, 2.45) is 5.92 Å². The Bertz CT molecular complexity index is 1020. The number of aromatic nitrogens is 2. The maximum atomic E-state index is 6.61. The highest BCUT2D eigenvalue weighted by molar-refractivity contribution is 5.68.